The molecule has 0 spiro atoms. The van der Waals surface area contributed by atoms with Crippen LogP contribution in [-0.4, -0.2) is 30.6 Å². The number of rotatable bonds is 6. The van der Waals surface area contributed by atoms with Crippen molar-refractivity contribution in [1.82, 2.24) is 30.0 Å². The third-order valence-corrected chi connectivity index (χ3v) is 3.88. The van der Waals surface area contributed by atoms with Gasteiger partial charge in [-0.05, 0) is 29.8 Å². The lowest BCUT2D eigenvalue weighted by atomic mass is 10.2. The number of carbonyl (C=O) groups is 1. The molecule has 8 heteroatoms. The highest BCUT2D eigenvalue weighted by Gasteiger charge is 2.07. The van der Waals surface area contributed by atoms with E-state index in [1.54, 1.807) is 29.3 Å². The maximum absolute atomic E-state index is 12.3. The number of benzene rings is 1. The third-order valence-electron chi connectivity index (χ3n) is 3.88. The van der Waals surface area contributed by atoms with Gasteiger partial charge in [0.2, 0.25) is 5.88 Å². The molecule has 0 saturated heterocycles. The van der Waals surface area contributed by atoms with Crippen molar-refractivity contribution in [2.45, 2.75) is 6.54 Å². The predicted molar refractivity (Wildman–Crippen MR) is 101 cm³/mol. The standard InChI is InChI=1S/C20H16N6O2/c27-20(16-7-9-19(23-12-16)28-17-4-2-1-3-5-17)24-11-15-6-8-18(22-10-15)26-14-21-13-25-26/h1-10,12-14H,11H2,(H,24,27). The second-order valence-electron chi connectivity index (χ2n) is 5.85. The van der Waals surface area contributed by atoms with Crippen LogP contribution in [0.4, 0.5) is 0 Å². The Balaban J connectivity index is 1.33. The molecule has 4 rings (SSSR count). The molecule has 0 aliphatic rings. The summed E-state index contributed by atoms with van der Waals surface area (Å²) in [5.74, 6) is 1.55. The first kappa shape index (κ1) is 17.3. The van der Waals surface area contributed by atoms with Crippen molar-refractivity contribution in [2.24, 2.45) is 0 Å². The van der Waals surface area contributed by atoms with Gasteiger partial charge in [-0.15, -0.1) is 0 Å². The Morgan fingerprint density at radius 3 is 2.57 bits per heavy atom. The van der Waals surface area contributed by atoms with Gasteiger partial charge in [0, 0.05) is 25.0 Å². The van der Waals surface area contributed by atoms with Crippen LogP contribution in [0.15, 0.2) is 79.6 Å². The molecule has 138 valence electrons. The van der Waals surface area contributed by atoms with E-state index >= 15 is 0 Å². The smallest absolute Gasteiger partial charge is 0.253 e. The summed E-state index contributed by atoms with van der Waals surface area (Å²) < 4.78 is 7.18. The summed E-state index contributed by atoms with van der Waals surface area (Å²) in [5.41, 5.74) is 1.32. The lowest BCUT2D eigenvalue weighted by molar-refractivity contribution is 0.0950. The quantitative estimate of drug-likeness (QED) is 0.559. The molecule has 3 aromatic heterocycles. The average molecular weight is 372 g/mol. The van der Waals surface area contributed by atoms with E-state index < -0.39 is 0 Å². The van der Waals surface area contributed by atoms with Crippen LogP contribution in [0.25, 0.3) is 5.82 Å². The zero-order valence-corrected chi connectivity index (χ0v) is 14.8. The highest BCUT2D eigenvalue weighted by atomic mass is 16.5. The molecule has 1 aromatic carbocycles. The molecule has 1 N–H and O–H groups in total. The van der Waals surface area contributed by atoms with Crippen LogP contribution in [0.3, 0.4) is 0 Å². The molecule has 8 nitrogen and oxygen atoms in total. The van der Waals surface area contributed by atoms with Gasteiger partial charge in [-0.3, -0.25) is 4.79 Å². The third kappa shape index (κ3) is 4.18. The van der Waals surface area contributed by atoms with Gasteiger partial charge < -0.3 is 10.1 Å². The number of carbonyl (C=O) groups excluding carboxylic acids is 1. The van der Waals surface area contributed by atoms with Gasteiger partial charge in [-0.1, -0.05) is 24.3 Å². The molecular formula is C20H16N6O2. The summed E-state index contributed by atoms with van der Waals surface area (Å²) in [5, 5.41) is 6.86. The summed E-state index contributed by atoms with van der Waals surface area (Å²) >= 11 is 0. The van der Waals surface area contributed by atoms with Gasteiger partial charge >= 0.3 is 0 Å². The molecule has 0 bridgehead atoms. The molecule has 1 amide bonds. The van der Waals surface area contributed by atoms with Crippen molar-refractivity contribution in [3.8, 4) is 17.4 Å². The number of hydrogen-bond donors (Lipinski definition) is 1. The lowest BCUT2D eigenvalue weighted by Gasteiger charge is -2.07. The highest BCUT2D eigenvalue weighted by Crippen LogP contribution is 2.18. The number of nitrogens with zero attached hydrogens (tertiary/aromatic N) is 5. The Morgan fingerprint density at radius 2 is 1.89 bits per heavy atom. The predicted octanol–water partition coefficient (Wildman–Crippen LogP) is 2.78. The molecule has 0 atom stereocenters. The zero-order chi connectivity index (χ0) is 19.2. The molecule has 4 aromatic rings. The van der Waals surface area contributed by atoms with Crippen LogP contribution in [0.1, 0.15) is 15.9 Å². The van der Waals surface area contributed by atoms with E-state index in [1.165, 1.54) is 12.5 Å². The lowest BCUT2D eigenvalue weighted by Crippen LogP contribution is -2.23. The fourth-order valence-electron chi connectivity index (χ4n) is 2.45. The van der Waals surface area contributed by atoms with Crippen molar-refractivity contribution in [3.05, 3.63) is 90.8 Å². The molecule has 0 radical (unpaired) electrons. The van der Waals surface area contributed by atoms with Gasteiger partial charge in [0.05, 0.1) is 5.56 Å². The first-order valence-corrected chi connectivity index (χ1v) is 8.55. The highest BCUT2D eigenvalue weighted by molar-refractivity contribution is 5.93. The van der Waals surface area contributed by atoms with Crippen molar-refractivity contribution in [3.63, 3.8) is 0 Å². The summed E-state index contributed by atoms with van der Waals surface area (Å²) in [6.07, 6.45) is 6.19. The second kappa shape index (κ2) is 8.09. The fourth-order valence-corrected chi connectivity index (χ4v) is 2.45. The van der Waals surface area contributed by atoms with Crippen LogP contribution < -0.4 is 10.1 Å². The molecule has 28 heavy (non-hydrogen) atoms. The van der Waals surface area contributed by atoms with Gasteiger partial charge in [-0.25, -0.2) is 19.6 Å². The number of aromatic nitrogens is 5. The van der Waals surface area contributed by atoms with Crippen LogP contribution in [0.2, 0.25) is 0 Å². The minimum Gasteiger partial charge on any atom is -0.439 e. The van der Waals surface area contributed by atoms with Gasteiger partial charge in [0.15, 0.2) is 5.82 Å². The summed E-state index contributed by atoms with van der Waals surface area (Å²) in [4.78, 5) is 24.7. The normalized spacial score (nSPS) is 10.4. The largest absolute Gasteiger partial charge is 0.439 e. The summed E-state index contributed by atoms with van der Waals surface area (Å²) in [6.45, 7) is 0.353. The Hall–Kier alpha value is -4.07. The SMILES string of the molecule is O=C(NCc1ccc(-n2cncn2)nc1)c1ccc(Oc2ccccc2)nc1. The van der Waals surface area contributed by atoms with Crippen LogP contribution >= 0.6 is 0 Å². The molecule has 0 fully saturated rings. The van der Waals surface area contributed by atoms with E-state index in [1.807, 2.05) is 42.5 Å². The van der Waals surface area contributed by atoms with E-state index in [2.05, 4.69) is 25.4 Å². The van der Waals surface area contributed by atoms with Crippen molar-refractivity contribution in [2.75, 3.05) is 0 Å². The summed E-state index contributed by atoms with van der Waals surface area (Å²) in [6, 6.07) is 16.4. The van der Waals surface area contributed by atoms with Gasteiger partial charge in [-0.2, -0.15) is 5.10 Å². The number of amides is 1. The Morgan fingerprint density at radius 1 is 1.00 bits per heavy atom. The molecule has 0 unspecified atom stereocenters. The molecular weight excluding hydrogens is 356 g/mol. The van der Waals surface area contributed by atoms with E-state index in [0.717, 1.165) is 5.56 Å². The van der Waals surface area contributed by atoms with Gasteiger partial charge in [0.1, 0.15) is 18.4 Å². The van der Waals surface area contributed by atoms with Crippen LogP contribution in [0.5, 0.6) is 11.6 Å². The minimum atomic E-state index is -0.223. The van der Waals surface area contributed by atoms with Gasteiger partial charge in [0.25, 0.3) is 5.91 Å². The molecule has 0 saturated carbocycles. The van der Waals surface area contributed by atoms with Crippen molar-refractivity contribution < 1.29 is 9.53 Å². The number of hydrogen-bond acceptors (Lipinski definition) is 6. The first-order valence-electron chi connectivity index (χ1n) is 8.55. The summed E-state index contributed by atoms with van der Waals surface area (Å²) in [7, 11) is 0. The number of pyridine rings is 2. The van der Waals surface area contributed by atoms with Crippen LogP contribution in [0, 0.1) is 0 Å². The second-order valence-corrected chi connectivity index (χ2v) is 5.85. The molecule has 0 aliphatic heterocycles. The Bertz CT molecular complexity index is 1030. The first-order chi connectivity index (χ1) is 13.8. The fraction of sp³-hybridized carbons (Fsp3) is 0.0500. The monoisotopic (exact) mass is 372 g/mol. The molecule has 3 heterocycles. The topological polar surface area (TPSA) is 94.8 Å². The molecule has 0 aliphatic carbocycles. The van der Waals surface area contributed by atoms with E-state index in [4.69, 9.17) is 4.74 Å². The number of ether oxygens (including phenoxy) is 1. The van der Waals surface area contributed by atoms with Crippen molar-refractivity contribution >= 4 is 5.91 Å². The maximum atomic E-state index is 12.3. The maximum Gasteiger partial charge on any atom is 0.253 e. The van der Waals surface area contributed by atoms with E-state index in [9.17, 15) is 4.79 Å². The average Bonchev–Trinajstić information content (AvgIpc) is 3.29. The van der Waals surface area contributed by atoms with E-state index in [0.29, 0.717) is 29.6 Å². The number of nitrogens with one attached hydrogen (secondary N) is 1. The van der Waals surface area contributed by atoms with E-state index in [-0.39, 0.29) is 5.91 Å². The zero-order valence-electron chi connectivity index (χ0n) is 14.8. The van der Waals surface area contributed by atoms with Crippen LogP contribution in [-0.2, 0) is 6.54 Å². The number of para-hydroxylation sites is 1. The Labute approximate surface area is 160 Å². The minimum absolute atomic E-state index is 0.223. The van der Waals surface area contributed by atoms with Crippen molar-refractivity contribution in [1.29, 1.82) is 0 Å². The Kier molecular flexibility index (Phi) is 5.01.